The molecule has 2 aromatic carbocycles. The number of carbonyl (C=O) groups is 1. The van der Waals surface area contributed by atoms with Gasteiger partial charge in [0.1, 0.15) is 5.78 Å². The maximum absolute atomic E-state index is 10.8. The topological polar surface area (TPSA) is 29.1 Å². The van der Waals surface area contributed by atoms with Crippen LogP contribution in [0.2, 0.25) is 0 Å². The van der Waals surface area contributed by atoms with Crippen LogP contribution in [0.4, 0.5) is 0 Å². The standard InChI is InChI=1S/C18H21NO/c1-15(20)6-5-13-19-14-16-9-11-18(12-10-16)17-7-3-2-4-8-17/h2-4,7-12,19H,5-6,13-14H2,1H3. The first-order chi connectivity index (χ1) is 9.75. The van der Waals surface area contributed by atoms with Gasteiger partial charge in [0.2, 0.25) is 0 Å². The Balaban J connectivity index is 1.82. The summed E-state index contributed by atoms with van der Waals surface area (Å²) < 4.78 is 0. The molecule has 2 rings (SSSR count). The predicted molar refractivity (Wildman–Crippen MR) is 83.5 cm³/mol. The van der Waals surface area contributed by atoms with Gasteiger partial charge in [0.25, 0.3) is 0 Å². The highest BCUT2D eigenvalue weighted by atomic mass is 16.1. The van der Waals surface area contributed by atoms with Gasteiger partial charge in [-0.3, -0.25) is 0 Å². The van der Waals surface area contributed by atoms with E-state index in [1.165, 1.54) is 16.7 Å². The second-order valence-corrected chi connectivity index (χ2v) is 5.05. The molecule has 0 heterocycles. The Bertz CT molecular complexity index is 531. The van der Waals surface area contributed by atoms with E-state index in [0.717, 1.165) is 19.5 Å². The molecule has 0 aliphatic heterocycles. The van der Waals surface area contributed by atoms with E-state index in [9.17, 15) is 4.79 Å². The second kappa shape index (κ2) is 7.61. The first-order valence-corrected chi connectivity index (χ1v) is 7.10. The molecular formula is C18H21NO. The molecule has 104 valence electrons. The van der Waals surface area contributed by atoms with Crippen LogP contribution < -0.4 is 5.32 Å². The molecule has 1 N–H and O–H groups in total. The fourth-order valence-corrected chi connectivity index (χ4v) is 2.14. The van der Waals surface area contributed by atoms with Gasteiger partial charge in [0.15, 0.2) is 0 Å². The number of hydrogen-bond donors (Lipinski definition) is 1. The summed E-state index contributed by atoms with van der Waals surface area (Å²) in [6.07, 6.45) is 1.58. The molecule has 0 aliphatic carbocycles. The number of hydrogen-bond acceptors (Lipinski definition) is 2. The van der Waals surface area contributed by atoms with Crippen LogP contribution in [-0.2, 0) is 11.3 Å². The Labute approximate surface area is 120 Å². The van der Waals surface area contributed by atoms with Crippen molar-refractivity contribution in [1.29, 1.82) is 0 Å². The van der Waals surface area contributed by atoms with Gasteiger partial charge in [-0.2, -0.15) is 0 Å². The molecule has 2 heteroatoms. The van der Waals surface area contributed by atoms with Crippen molar-refractivity contribution in [2.24, 2.45) is 0 Å². The maximum atomic E-state index is 10.8. The number of Topliss-reactive ketones (excluding diaryl/α,β-unsaturated/α-hetero) is 1. The van der Waals surface area contributed by atoms with E-state index in [4.69, 9.17) is 0 Å². The summed E-state index contributed by atoms with van der Waals surface area (Å²) in [5.74, 6) is 0.263. The van der Waals surface area contributed by atoms with Crippen LogP contribution in [0.15, 0.2) is 54.6 Å². The van der Waals surface area contributed by atoms with Crippen molar-refractivity contribution in [3.63, 3.8) is 0 Å². The molecule has 0 amide bonds. The molecule has 0 aliphatic rings. The minimum atomic E-state index is 0.263. The second-order valence-electron chi connectivity index (χ2n) is 5.05. The van der Waals surface area contributed by atoms with Gasteiger partial charge in [0, 0.05) is 13.0 Å². The summed E-state index contributed by atoms with van der Waals surface area (Å²) in [6, 6.07) is 19.0. The molecule has 2 aromatic rings. The van der Waals surface area contributed by atoms with Crippen molar-refractivity contribution < 1.29 is 4.79 Å². The number of carbonyl (C=O) groups excluding carboxylic acids is 1. The van der Waals surface area contributed by atoms with Gasteiger partial charge in [-0.05, 0) is 36.6 Å². The Kier molecular flexibility index (Phi) is 5.51. The number of nitrogens with one attached hydrogen (secondary N) is 1. The summed E-state index contributed by atoms with van der Waals surface area (Å²) in [5.41, 5.74) is 3.76. The van der Waals surface area contributed by atoms with Crippen molar-refractivity contribution in [2.45, 2.75) is 26.3 Å². The minimum Gasteiger partial charge on any atom is -0.313 e. The lowest BCUT2D eigenvalue weighted by molar-refractivity contribution is -0.117. The van der Waals surface area contributed by atoms with Crippen LogP contribution in [0.25, 0.3) is 11.1 Å². The molecule has 0 spiro atoms. The normalized spacial score (nSPS) is 10.4. The quantitative estimate of drug-likeness (QED) is 0.773. The van der Waals surface area contributed by atoms with E-state index in [1.807, 2.05) is 6.07 Å². The zero-order chi connectivity index (χ0) is 14.2. The third kappa shape index (κ3) is 4.63. The zero-order valence-electron chi connectivity index (χ0n) is 11.9. The van der Waals surface area contributed by atoms with Crippen LogP contribution in [0.1, 0.15) is 25.3 Å². The largest absolute Gasteiger partial charge is 0.313 e. The highest BCUT2D eigenvalue weighted by Gasteiger charge is 1.98. The molecule has 0 unspecified atom stereocenters. The summed E-state index contributed by atoms with van der Waals surface area (Å²) in [6.45, 7) is 3.38. The Morgan fingerprint density at radius 1 is 0.950 bits per heavy atom. The molecule has 2 nitrogen and oxygen atoms in total. The van der Waals surface area contributed by atoms with Crippen LogP contribution in [0.5, 0.6) is 0 Å². The molecule has 0 fully saturated rings. The fraction of sp³-hybridized carbons (Fsp3) is 0.278. The SMILES string of the molecule is CC(=O)CCCNCc1ccc(-c2ccccc2)cc1. The molecule has 0 saturated carbocycles. The molecular weight excluding hydrogens is 246 g/mol. The van der Waals surface area contributed by atoms with Crippen molar-refractivity contribution in [3.8, 4) is 11.1 Å². The molecule has 20 heavy (non-hydrogen) atoms. The molecule has 0 atom stereocenters. The zero-order valence-corrected chi connectivity index (χ0v) is 11.9. The number of rotatable bonds is 7. The Morgan fingerprint density at radius 3 is 2.25 bits per heavy atom. The van der Waals surface area contributed by atoms with Crippen LogP contribution in [0.3, 0.4) is 0 Å². The molecule has 0 saturated heterocycles. The van der Waals surface area contributed by atoms with Gasteiger partial charge < -0.3 is 10.1 Å². The van der Waals surface area contributed by atoms with E-state index in [0.29, 0.717) is 6.42 Å². The van der Waals surface area contributed by atoms with E-state index in [-0.39, 0.29) is 5.78 Å². The Hall–Kier alpha value is -1.93. The van der Waals surface area contributed by atoms with Gasteiger partial charge in [-0.25, -0.2) is 0 Å². The molecule has 0 radical (unpaired) electrons. The minimum absolute atomic E-state index is 0.263. The summed E-state index contributed by atoms with van der Waals surface area (Å²) >= 11 is 0. The summed E-state index contributed by atoms with van der Waals surface area (Å²) in [7, 11) is 0. The fourth-order valence-electron chi connectivity index (χ4n) is 2.14. The van der Waals surface area contributed by atoms with Gasteiger partial charge in [0.05, 0.1) is 0 Å². The van der Waals surface area contributed by atoms with Crippen LogP contribution >= 0.6 is 0 Å². The number of benzene rings is 2. The van der Waals surface area contributed by atoms with Crippen LogP contribution in [-0.4, -0.2) is 12.3 Å². The molecule has 0 bridgehead atoms. The van der Waals surface area contributed by atoms with Crippen molar-refractivity contribution in [1.82, 2.24) is 5.32 Å². The Morgan fingerprint density at radius 2 is 1.60 bits per heavy atom. The first-order valence-electron chi connectivity index (χ1n) is 7.10. The lowest BCUT2D eigenvalue weighted by Crippen LogP contribution is -2.15. The smallest absolute Gasteiger partial charge is 0.129 e. The maximum Gasteiger partial charge on any atom is 0.129 e. The van der Waals surface area contributed by atoms with Crippen LogP contribution in [0, 0.1) is 0 Å². The average molecular weight is 267 g/mol. The molecule has 0 aromatic heterocycles. The first kappa shape index (κ1) is 14.5. The van der Waals surface area contributed by atoms with Gasteiger partial charge in [-0.15, -0.1) is 0 Å². The van der Waals surface area contributed by atoms with E-state index in [2.05, 4.69) is 53.8 Å². The number of ketones is 1. The van der Waals surface area contributed by atoms with Crippen molar-refractivity contribution in [2.75, 3.05) is 6.54 Å². The third-order valence-corrected chi connectivity index (χ3v) is 3.27. The highest BCUT2D eigenvalue weighted by Crippen LogP contribution is 2.19. The van der Waals surface area contributed by atoms with Gasteiger partial charge in [-0.1, -0.05) is 54.6 Å². The van der Waals surface area contributed by atoms with E-state index < -0.39 is 0 Å². The van der Waals surface area contributed by atoms with E-state index >= 15 is 0 Å². The average Bonchev–Trinajstić information content (AvgIpc) is 2.48. The lowest BCUT2D eigenvalue weighted by Gasteiger charge is -2.06. The monoisotopic (exact) mass is 267 g/mol. The third-order valence-electron chi connectivity index (χ3n) is 3.27. The van der Waals surface area contributed by atoms with Gasteiger partial charge >= 0.3 is 0 Å². The van der Waals surface area contributed by atoms with Crippen molar-refractivity contribution in [3.05, 3.63) is 60.2 Å². The summed E-state index contributed by atoms with van der Waals surface area (Å²) in [5, 5.41) is 3.36. The lowest BCUT2D eigenvalue weighted by atomic mass is 10.0. The predicted octanol–water partition coefficient (Wildman–Crippen LogP) is 3.81. The van der Waals surface area contributed by atoms with E-state index in [1.54, 1.807) is 6.92 Å². The van der Waals surface area contributed by atoms with Crippen molar-refractivity contribution >= 4 is 5.78 Å². The highest BCUT2D eigenvalue weighted by molar-refractivity contribution is 5.75. The summed E-state index contributed by atoms with van der Waals surface area (Å²) in [4.78, 5) is 10.8.